The lowest BCUT2D eigenvalue weighted by atomic mass is 9.98. The Morgan fingerprint density at radius 3 is 2.31 bits per heavy atom. The van der Waals surface area contributed by atoms with Gasteiger partial charge in [-0.15, -0.1) is 11.3 Å². The first-order chi connectivity index (χ1) is 12.6. The van der Waals surface area contributed by atoms with Crippen LogP contribution >= 0.6 is 11.3 Å². The summed E-state index contributed by atoms with van der Waals surface area (Å²) in [6.07, 6.45) is 0.482. The predicted octanol–water partition coefficient (Wildman–Crippen LogP) is 3.82. The van der Waals surface area contributed by atoms with Crippen LogP contribution in [0.2, 0.25) is 0 Å². The van der Waals surface area contributed by atoms with Crippen LogP contribution in [0.3, 0.4) is 0 Å². The van der Waals surface area contributed by atoms with Gasteiger partial charge in [0.1, 0.15) is 6.04 Å². The Bertz CT molecular complexity index is 754. The van der Waals surface area contributed by atoms with E-state index >= 15 is 0 Å². The van der Waals surface area contributed by atoms with Crippen LogP contribution in [0.5, 0.6) is 0 Å². The first-order valence-corrected chi connectivity index (χ1v) is 10.00. The van der Waals surface area contributed by atoms with Crippen molar-refractivity contribution in [1.82, 2.24) is 9.80 Å². The molecule has 1 amide bonds. The molecule has 1 atom stereocenters. The van der Waals surface area contributed by atoms with Crippen LogP contribution in [0.1, 0.15) is 41.8 Å². The number of rotatable bonds is 5. The third-order valence-corrected chi connectivity index (χ3v) is 5.86. The minimum atomic E-state index is -0.245. The van der Waals surface area contributed by atoms with Crippen LogP contribution < -0.4 is 0 Å². The summed E-state index contributed by atoms with van der Waals surface area (Å²) in [5.41, 5.74) is 2.32. The van der Waals surface area contributed by atoms with Gasteiger partial charge in [-0.05, 0) is 28.5 Å². The molecule has 1 saturated heterocycles. The fourth-order valence-electron chi connectivity index (χ4n) is 3.33. The lowest BCUT2D eigenvalue weighted by molar-refractivity contribution is -0.132. The molecule has 4 nitrogen and oxygen atoms in total. The molecule has 0 saturated carbocycles. The molecule has 2 aromatic rings. The molecule has 0 radical (unpaired) electrons. The van der Waals surface area contributed by atoms with E-state index in [4.69, 9.17) is 0 Å². The lowest BCUT2D eigenvalue weighted by Gasteiger charge is -2.37. The monoisotopic (exact) mass is 367 g/mol. The van der Waals surface area contributed by atoms with Crippen LogP contribution in [0, 0.1) is 11.3 Å². The van der Waals surface area contributed by atoms with E-state index in [-0.39, 0.29) is 11.9 Å². The topological polar surface area (TPSA) is 47.3 Å². The van der Waals surface area contributed by atoms with Gasteiger partial charge in [-0.2, -0.15) is 5.26 Å². The molecule has 26 heavy (non-hydrogen) atoms. The fourth-order valence-corrected chi connectivity index (χ4v) is 4.03. The molecule has 5 heteroatoms. The lowest BCUT2D eigenvalue weighted by Crippen LogP contribution is -2.49. The van der Waals surface area contributed by atoms with Crippen molar-refractivity contribution < 1.29 is 4.79 Å². The van der Waals surface area contributed by atoms with E-state index in [2.05, 4.69) is 49.1 Å². The number of benzene rings is 1. The van der Waals surface area contributed by atoms with Gasteiger partial charge in [-0.3, -0.25) is 9.69 Å². The zero-order valence-electron chi connectivity index (χ0n) is 15.4. The molecule has 0 spiro atoms. The van der Waals surface area contributed by atoms with E-state index in [9.17, 15) is 10.1 Å². The average molecular weight is 368 g/mol. The van der Waals surface area contributed by atoms with Gasteiger partial charge in [0.2, 0.25) is 5.91 Å². The third-order valence-electron chi connectivity index (χ3n) is 4.98. The molecule has 1 aromatic carbocycles. The summed E-state index contributed by atoms with van der Waals surface area (Å²) in [6, 6.07) is 14.5. The number of carbonyl (C=O) groups excluding carboxylic acids is 1. The second kappa shape index (κ2) is 8.48. The molecule has 1 unspecified atom stereocenters. The second-order valence-corrected chi connectivity index (χ2v) is 8.06. The number of nitrogens with zero attached hydrogens (tertiary/aromatic N) is 3. The van der Waals surface area contributed by atoms with E-state index < -0.39 is 0 Å². The van der Waals surface area contributed by atoms with E-state index in [0.717, 1.165) is 23.5 Å². The first-order valence-electron chi connectivity index (χ1n) is 9.12. The normalized spacial score (nSPS) is 16.5. The maximum Gasteiger partial charge on any atom is 0.227 e. The highest BCUT2D eigenvalue weighted by atomic mass is 32.1. The van der Waals surface area contributed by atoms with Crippen molar-refractivity contribution in [1.29, 1.82) is 5.26 Å². The molecular weight excluding hydrogens is 342 g/mol. The van der Waals surface area contributed by atoms with Gasteiger partial charge in [-0.25, -0.2) is 0 Å². The Kier molecular flexibility index (Phi) is 6.08. The highest BCUT2D eigenvalue weighted by molar-refractivity contribution is 7.10. The Balaban J connectivity index is 1.59. The van der Waals surface area contributed by atoms with Crippen LogP contribution in [0.15, 0.2) is 41.8 Å². The summed E-state index contributed by atoms with van der Waals surface area (Å²) in [5.74, 6) is 0.671. The van der Waals surface area contributed by atoms with Crippen molar-refractivity contribution in [3.63, 3.8) is 0 Å². The molecule has 2 heterocycles. The molecule has 1 aliphatic rings. The van der Waals surface area contributed by atoms with Gasteiger partial charge in [0.25, 0.3) is 0 Å². The number of hydrogen-bond donors (Lipinski definition) is 0. The number of carbonyl (C=O) groups is 1. The Morgan fingerprint density at radius 1 is 1.12 bits per heavy atom. The Morgan fingerprint density at radius 2 is 1.77 bits per heavy atom. The summed E-state index contributed by atoms with van der Waals surface area (Å²) < 4.78 is 0. The van der Waals surface area contributed by atoms with E-state index in [0.29, 0.717) is 25.4 Å². The predicted molar refractivity (Wildman–Crippen MR) is 105 cm³/mol. The van der Waals surface area contributed by atoms with Gasteiger partial charge in [0.05, 0.1) is 12.5 Å². The molecule has 0 N–H and O–H groups in total. The Labute approximate surface area is 159 Å². The highest BCUT2D eigenvalue weighted by Gasteiger charge is 2.27. The maximum atomic E-state index is 12.4. The molecule has 0 aliphatic carbocycles. The van der Waals surface area contributed by atoms with Crippen LogP contribution in [-0.2, 0) is 11.2 Å². The fraction of sp³-hybridized carbons (Fsp3) is 0.429. The number of thiophene rings is 1. The molecule has 136 valence electrons. The average Bonchev–Trinajstić information content (AvgIpc) is 3.16. The Hall–Kier alpha value is -2.16. The van der Waals surface area contributed by atoms with Gasteiger partial charge in [0, 0.05) is 31.1 Å². The van der Waals surface area contributed by atoms with Gasteiger partial charge in [0.15, 0.2) is 0 Å². The molecule has 1 fully saturated rings. The van der Waals surface area contributed by atoms with Crippen molar-refractivity contribution in [2.24, 2.45) is 0 Å². The first kappa shape index (κ1) is 18.6. The summed E-state index contributed by atoms with van der Waals surface area (Å²) in [5, 5.41) is 11.7. The number of hydrogen-bond acceptors (Lipinski definition) is 4. The smallest absolute Gasteiger partial charge is 0.227 e. The van der Waals surface area contributed by atoms with Gasteiger partial charge in [-0.1, -0.05) is 44.2 Å². The van der Waals surface area contributed by atoms with E-state index in [1.54, 1.807) is 11.3 Å². The highest BCUT2D eigenvalue weighted by Crippen LogP contribution is 2.24. The van der Waals surface area contributed by atoms with Crippen LogP contribution in [0.4, 0.5) is 0 Å². The van der Waals surface area contributed by atoms with Gasteiger partial charge < -0.3 is 4.90 Å². The minimum Gasteiger partial charge on any atom is -0.340 e. The largest absolute Gasteiger partial charge is 0.340 e. The summed E-state index contributed by atoms with van der Waals surface area (Å²) >= 11 is 1.62. The van der Waals surface area contributed by atoms with Crippen molar-refractivity contribution in [3.05, 3.63) is 57.8 Å². The standard InChI is InChI=1S/C21H25N3OS/c1-16(2)17-5-7-18(8-6-17)20(15-22)23-9-11-24(12-10-23)21(25)14-19-4-3-13-26-19/h3-8,13,16,20H,9-12,14H2,1-2H3. The van der Waals surface area contributed by atoms with Crippen LogP contribution in [-0.4, -0.2) is 41.9 Å². The van der Waals surface area contributed by atoms with Crippen LogP contribution in [0.25, 0.3) is 0 Å². The zero-order valence-corrected chi connectivity index (χ0v) is 16.2. The zero-order chi connectivity index (χ0) is 18.5. The molecule has 0 bridgehead atoms. The molecule has 3 rings (SSSR count). The number of piperazine rings is 1. The summed E-state index contributed by atoms with van der Waals surface area (Å²) in [4.78, 5) is 17.6. The van der Waals surface area contributed by atoms with E-state index in [1.807, 2.05) is 22.4 Å². The third kappa shape index (κ3) is 4.32. The quantitative estimate of drug-likeness (QED) is 0.807. The molecule has 1 aromatic heterocycles. The van der Waals surface area contributed by atoms with Crippen molar-refractivity contribution >= 4 is 17.2 Å². The van der Waals surface area contributed by atoms with E-state index in [1.165, 1.54) is 5.56 Å². The minimum absolute atomic E-state index is 0.182. The second-order valence-electron chi connectivity index (χ2n) is 7.03. The molecule has 1 aliphatic heterocycles. The maximum absolute atomic E-state index is 12.4. The van der Waals surface area contributed by atoms with Gasteiger partial charge >= 0.3 is 0 Å². The summed E-state index contributed by atoms with van der Waals surface area (Å²) in [7, 11) is 0. The van der Waals surface area contributed by atoms with Crippen molar-refractivity contribution in [2.75, 3.05) is 26.2 Å². The SMILES string of the molecule is CC(C)c1ccc(C(C#N)N2CCN(C(=O)Cc3cccs3)CC2)cc1. The van der Waals surface area contributed by atoms with Crippen molar-refractivity contribution in [2.45, 2.75) is 32.2 Å². The number of nitriles is 1. The summed E-state index contributed by atoms with van der Waals surface area (Å²) in [6.45, 7) is 7.19. The van der Waals surface area contributed by atoms with Crippen molar-refractivity contribution in [3.8, 4) is 6.07 Å². The molecular formula is C21H25N3OS. The number of amides is 1.